The number of hydrogen-bond donors (Lipinski definition) is 2. The minimum Gasteiger partial charge on any atom is -0.330 e. The molecule has 3 amide bonds. The van der Waals surface area contributed by atoms with Crippen LogP contribution in [0, 0.1) is 5.41 Å². The second-order valence-electron chi connectivity index (χ2n) is 4.46. The average Bonchev–Trinajstić information content (AvgIpc) is 2.32. The monoisotopic (exact) mass is 199 g/mol. The molecule has 1 aliphatic heterocycles. The molecule has 1 atom stereocenters. The summed E-state index contributed by atoms with van der Waals surface area (Å²) in [5.74, 6) is -0.170. The number of hydrogen-bond acceptors (Lipinski definition) is 3. The molecular formula is C9H17N3O2. The van der Waals surface area contributed by atoms with Crippen LogP contribution >= 0.6 is 0 Å². The molecule has 0 aromatic carbocycles. The van der Waals surface area contributed by atoms with Crippen LogP contribution < -0.4 is 11.1 Å². The molecule has 0 aromatic rings. The van der Waals surface area contributed by atoms with Gasteiger partial charge in [0.1, 0.15) is 6.04 Å². The highest BCUT2D eigenvalue weighted by Crippen LogP contribution is 2.18. The number of carbonyl (C=O) groups excluding carboxylic acids is 2. The molecule has 0 bridgehead atoms. The van der Waals surface area contributed by atoms with Gasteiger partial charge in [0.05, 0.1) is 0 Å². The fourth-order valence-corrected chi connectivity index (χ4v) is 1.30. The van der Waals surface area contributed by atoms with E-state index in [1.54, 1.807) is 6.92 Å². The van der Waals surface area contributed by atoms with Crippen molar-refractivity contribution in [2.75, 3.05) is 13.1 Å². The van der Waals surface area contributed by atoms with Crippen molar-refractivity contribution in [2.45, 2.75) is 26.8 Å². The Morgan fingerprint density at radius 2 is 2.07 bits per heavy atom. The van der Waals surface area contributed by atoms with E-state index >= 15 is 0 Å². The predicted octanol–water partition coefficient (Wildman–Crippen LogP) is -0.0884. The summed E-state index contributed by atoms with van der Waals surface area (Å²) in [6.45, 7) is 6.35. The summed E-state index contributed by atoms with van der Waals surface area (Å²) in [6.07, 6.45) is 0. The first kappa shape index (κ1) is 11.0. The third-order valence-electron chi connectivity index (χ3n) is 2.36. The van der Waals surface area contributed by atoms with Crippen LogP contribution in [0.4, 0.5) is 4.79 Å². The zero-order valence-electron chi connectivity index (χ0n) is 8.83. The molecule has 1 rings (SSSR count). The van der Waals surface area contributed by atoms with Gasteiger partial charge in [-0.1, -0.05) is 13.8 Å². The van der Waals surface area contributed by atoms with Crippen molar-refractivity contribution in [3.05, 3.63) is 0 Å². The topological polar surface area (TPSA) is 75.4 Å². The zero-order valence-corrected chi connectivity index (χ0v) is 8.83. The van der Waals surface area contributed by atoms with Crippen molar-refractivity contribution in [3.63, 3.8) is 0 Å². The van der Waals surface area contributed by atoms with Crippen LogP contribution in [0.15, 0.2) is 0 Å². The third-order valence-corrected chi connectivity index (χ3v) is 2.36. The summed E-state index contributed by atoms with van der Waals surface area (Å²) in [7, 11) is 0. The molecule has 5 nitrogen and oxygen atoms in total. The van der Waals surface area contributed by atoms with Gasteiger partial charge in [0, 0.05) is 6.54 Å². The molecule has 3 N–H and O–H groups in total. The summed E-state index contributed by atoms with van der Waals surface area (Å²) < 4.78 is 0. The fraction of sp³-hybridized carbons (Fsp3) is 0.778. The predicted molar refractivity (Wildman–Crippen MR) is 52.5 cm³/mol. The summed E-state index contributed by atoms with van der Waals surface area (Å²) >= 11 is 0. The van der Waals surface area contributed by atoms with E-state index in [-0.39, 0.29) is 17.4 Å². The molecule has 0 spiro atoms. The van der Waals surface area contributed by atoms with Crippen molar-refractivity contribution >= 4 is 11.9 Å². The Bertz CT molecular complexity index is 263. The first-order valence-corrected chi connectivity index (χ1v) is 4.69. The van der Waals surface area contributed by atoms with Crippen molar-refractivity contribution < 1.29 is 9.59 Å². The first-order valence-electron chi connectivity index (χ1n) is 4.69. The molecular weight excluding hydrogens is 182 g/mol. The number of nitrogens with one attached hydrogen (secondary N) is 1. The van der Waals surface area contributed by atoms with Gasteiger partial charge in [-0.3, -0.25) is 9.69 Å². The second kappa shape index (κ2) is 3.57. The van der Waals surface area contributed by atoms with E-state index in [1.165, 1.54) is 4.90 Å². The highest BCUT2D eigenvalue weighted by Gasteiger charge is 2.37. The highest BCUT2D eigenvalue weighted by atomic mass is 16.2. The number of urea groups is 1. The zero-order chi connectivity index (χ0) is 10.9. The molecule has 5 heteroatoms. The fourth-order valence-electron chi connectivity index (χ4n) is 1.30. The van der Waals surface area contributed by atoms with Crippen LogP contribution in [0.2, 0.25) is 0 Å². The Balaban J connectivity index is 2.70. The largest absolute Gasteiger partial charge is 0.330 e. The Hall–Kier alpha value is -1.10. The van der Waals surface area contributed by atoms with Crippen LogP contribution in [0.5, 0.6) is 0 Å². The number of nitrogens with two attached hydrogens (primary N) is 1. The Morgan fingerprint density at radius 1 is 1.50 bits per heavy atom. The molecule has 1 unspecified atom stereocenters. The van der Waals surface area contributed by atoms with Gasteiger partial charge in [-0.25, -0.2) is 4.79 Å². The van der Waals surface area contributed by atoms with E-state index in [9.17, 15) is 9.59 Å². The molecule has 1 heterocycles. The number of imide groups is 1. The molecule has 0 aliphatic carbocycles. The van der Waals surface area contributed by atoms with Crippen LogP contribution in [0.25, 0.3) is 0 Å². The summed E-state index contributed by atoms with van der Waals surface area (Å²) in [4.78, 5) is 24.1. The molecule has 1 aliphatic rings. The van der Waals surface area contributed by atoms with Crippen molar-refractivity contribution in [2.24, 2.45) is 11.1 Å². The minimum atomic E-state index is -0.406. The van der Waals surface area contributed by atoms with Gasteiger partial charge in [-0.2, -0.15) is 0 Å². The SMILES string of the molecule is CC1NC(=O)N(CC(C)(C)CN)C1=O. The Morgan fingerprint density at radius 3 is 2.43 bits per heavy atom. The van der Waals surface area contributed by atoms with E-state index < -0.39 is 6.04 Å². The van der Waals surface area contributed by atoms with Gasteiger partial charge in [0.2, 0.25) is 0 Å². The number of rotatable bonds is 3. The van der Waals surface area contributed by atoms with E-state index in [2.05, 4.69) is 5.32 Å². The summed E-state index contributed by atoms with van der Waals surface area (Å²) in [5, 5.41) is 2.56. The maximum atomic E-state index is 11.5. The van der Waals surface area contributed by atoms with Gasteiger partial charge >= 0.3 is 6.03 Å². The number of amides is 3. The molecule has 1 saturated heterocycles. The van der Waals surface area contributed by atoms with Crippen LogP contribution in [-0.4, -0.2) is 36.0 Å². The van der Waals surface area contributed by atoms with Gasteiger partial charge in [0.25, 0.3) is 5.91 Å². The molecule has 80 valence electrons. The van der Waals surface area contributed by atoms with E-state index in [0.717, 1.165) is 0 Å². The van der Waals surface area contributed by atoms with Gasteiger partial charge in [-0.05, 0) is 18.9 Å². The lowest BCUT2D eigenvalue weighted by molar-refractivity contribution is -0.128. The van der Waals surface area contributed by atoms with E-state index in [1.807, 2.05) is 13.8 Å². The molecule has 1 fully saturated rings. The quantitative estimate of drug-likeness (QED) is 0.624. The number of carbonyl (C=O) groups is 2. The van der Waals surface area contributed by atoms with Crippen LogP contribution in [0.1, 0.15) is 20.8 Å². The Labute approximate surface area is 83.6 Å². The van der Waals surface area contributed by atoms with Gasteiger partial charge < -0.3 is 11.1 Å². The van der Waals surface area contributed by atoms with Gasteiger partial charge in [0.15, 0.2) is 0 Å². The highest BCUT2D eigenvalue weighted by molar-refractivity contribution is 6.03. The molecule has 0 radical (unpaired) electrons. The third kappa shape index (κ3) is 2.04. The standard InChI is InChI=1S/C9H17N3O2/c1-6-7(13)12(8(14)11-6)5-9(2,3)4-10/h6H,4-5,10H2,1-3H3,(H,11,14). The van der Waals surface area contributed by atoms with Crippen molar-refractivity contribution in [1.29, 1.82) is 0 Å². The maximum Gasteiger partial charge on any atom is 0.324 e. The lowest BCUT2D eigenvalue weighted by Crippen LogP contribution is -2.42. The van der Waals surface area contributed by atoms with Gasteiger partial charge in [-0.15, -0.1) is 0 Å². The average molecular weight is 199 g/mol. The first-order chi connectivity index (χ1) is 6.37. The molecule has 0 saturated carbocycles. The summed E-state index contributed by atoms with van der Waals surface area (Å²) in [5.41, 5.74) is 5.32. The van der Waals surface area contributed by atoms with E-state index in [0.29, 0.717) is 13.1 Å². The maximum absolute atomic E-state index is 11.5. The summed E-state index contributed by atoms with van der Waals surface area (Å²) in [6, 6.07) is -0.722. The normalized spacial score (nSPS) is 22.9. The van der Waals surface area contributed by atoms with Crippen LogP contribution in [0.3, 0.4) is 0 Å². The van der Waals surface area contributed by atoms with Crippen molar-refractivity contribution in [1.82, 2.24) is 10.2 Å². The molecule has 0 aromatic heterocycles. The lowest BCUT2D eigenvalue weighted by atomic mass is 9.93. The van der Waals surface area contributed by atoms with Crippen molar-refractivity contribution in [3.8, 4) is 0 Å². The second-order valence-corrected chi connectivity index (χ2v) is 4.46. The number of nitrogens with zero attached hydrogens (tertiary/aromatic N) is 1. The minimum absolute atomic E-state index is 0.170. The van der Waals surface area contributed by atoms with Crippen LogP contribution in [-0.2, 0) is 4.79 Å². The smallest absolute Gasteiger partial charge is 0.324 e. The Kier molecular flexibility index (Phi) is 2.80. The lowest BCUT2D eigenvalue weighted by Gasteiger charge is -2.26. The molecule has 14 heavy (non-hydrogen) atoms. The van der Waals surface area contributed by atoms with E-state index in [4.69, 9.17) is 5.73 Å².